The third-order valence-electron chi connectivity index (χ3n) is 5.58. The molecule has 1 N–H and O–H groups in total. The summed E-state index contributed by atoms with van der Waals surface area (Å²) < 4.78 is 62.4. The summed E-state index contributed by atoms with van der Waals surface area (Å²) in [5.41, 5.74) is 0. The van der Waals surface area contributed by atoms with Gasteiger partial charge in [0.15, 0.2) is 10.9 Å². The Bertz CT molecular complexity index is 871. The fraction of sp³-hybridized carbons (Fsp3) is 0.722. The molecule has 1 aliphatic carbocycles. The average Bonchev–Trinajstić information content (AvgIpc) is 3.18. The average molecular weight is 483 g/mol. The number of thiazole rings is 1. The highest BCUT2D eigenvalue weighted by atomic mass is 32.2. The van der Waals surface area contributed by atoms with Crippen LogP contribution in [0, 0.1) is 5.92 Å². The monoisotopic (exact) mass is 482 g/mol. The molecule has 2 amide bonds. The lowest BCUT2D eigenvalue weighted by atomic mass is 9.84. The summed E-state index contributed by atoms with van der Waals surface area (Å²) in [7, 11) is -4.66. The van der Waals surface area contributed by atoms with Gasteiger partial charge in [0.2, 0.25) is 21.8 Å². The number of halogens is 3. The molecule has 31 heavy (non-hydrogen) atoms. The van der Waals surface area contributed by atoms with Crippen LogP contribution in [-0.2, 0) is 19.6 Å². The first-order valence-electron chi connectivity index (χ1n) is 10.1. The summed E-state index contributed by atoms with van der Waals surface area (Å²) in [5.74, 6) is -2.85. The van der Waals surface area contributed by atoms with Crippen molar-refractivity contribution in [2.24, 2.45) is 5.92 Å². The van der Waals surface area contributed by atoms with E-state index in [-0.39, 0.29) is 19.0 Å². The summed E-state index contributed by atoms with van der Waals surface area (Å²) in [6, 6.07) is -0.827. The van der Waals surface area contributed by atoms with Crippen LogP contribution >= 0.6 is 11.3 Å². The Morgan fingerprint density at radius 3 is 2.55 bits per heavy atom. The second-order valence-electron chi connectivity index (χ2n) is 7.87. The van der Waals surface area contributed by atoms with Crippen molar-refractivity contribution < 1.29 is 31.2 Å². The van der Waals surface area contributed by atoms with Crippen molar-refractivity contribution in [3.63, 3.8) is 0 Å². The van der Waals surface area contributed by atoms with E-state index in [4.69, 9.17) is 0 Å². The fourth-order valence-electron chi connectivity index (χ4n) is 4.12. The molecule has 1 aromatic rings. The lowest BCUT2D eigenvalue weighted by Crippen LogP contribution is -2.59. The van der Waals surface area contributed by atoms with Gasteiger partial charge in [-0.15, -0.1) is 11.3 Å². The Kier molecular flexibility index (Phi) is 7.58. The molecule has 8 nitrogen and oxygen atoms in total. The quantitative estimate of drug-likeness (QED) is 0.644. The summed E-state index contributed by atoms with van der Waals surface area (Å²) >= 11 is 1.23. The predicted octanol–water partition coefficient (Wildman–Crippen LogP) is 2.46. The fourth-order valence-corrected chi connectivity index (χ4v) is 5.91. The predicted molar refractivity (Wildman–Crippen MR) is 109 cm³/mol. The zero-order valence-electron chi connectivity index (χ0n) is 16.8. The third-order valence-corrected chi connectivity index (χ3v) is 8.06. The van der Waals surface area contributed by atoms with Gasteiger partial charge >= 0.3 is 6.18 Å². The van der Waals surface area contributed by atoms with Crippen LogP contribution in [-0.4, -0.2) is 72.0 Å². The van der Waals surface area contributed by atoms with Crippen LogP contribution in [0.4, 0.5) is 18.3 Å². The van der Waals surface area contributed by atoms with Gasteiger partial charge in [-0.1, -0.05) is 32.1 Å². The van der Waals surface area contributed by atoms with Crippen LogP contribution in [0.5, 0.6) is 0 Å². The molecule has 0 unspecified atom stereocenters. The van der Waals surface area contributed by atoms with Gasteiger partial charge in [-0.2, -0.15) is 17.5 Å². The largest absolute Gasteiger partial charge is 0.404 e. The van der Waals surface area contributed by atoms with Crippen molar-refractivity contribution >= 4 is 38.3 Å². The van der Waals surface area contributed by atoms with Crippen molar-refractivity contribution in [2.75, 3.05) is 30.7 Å². The Labute approximate surface area is 182 Å². The van der Waals surface area contributed by atoms with Crippen LogP contribution in [0.2, 0.25) is 0 Å². The number of piperazine rings is 1. The minimum Gasteiger partial charge on any atom is -0.328 e. The minimum absolute atomic E-state index is 0.140. The Morgan fingerprint density at radius 1 is 1.26 bits per heavy atom. The number of hydrogen-bond donors (Lipinski definition) is 1. The normalized spacial score (nSPS) is 20.6. The number of carbonyl (C=O) groups excluding carboxylic acids is 2. The molecule has 2 aliphatic rings. The molecule has 0 spiro atoms. The van der Waals surface area contributed by atoms with Crippen LogP contribution in [0.15, 0.2) is 11.6 Å². The summed E-state index contributed by atoms with van der Waals surface area (Å²) in [6.07, 6.45) is 2.16. The molecule has 1 saturated heterocycles. The smallest absolute Gasteiger partial charge is 0.328 e. The number of alkyl halides is 3. The molecule has 2 heterocycles. The molecular weight excluding hydrogens is 457 g/mol. The Morgan fingerprint density at radius 2 is 1.97 bits per heavy atom. The number of aromatic nitrogens is 1. The van der Waals surface area contributed by atoms with Gasteiger partial charge in [0, 0.05) is 24.7 Å². The topological polar surface area (TPSA) is 99.7 Å². The Hall–Kier alpha value is -1.73. The maximum absolute atomic E-state index is 13.0. The summed E-state index contributed by atoms with van der Waals surface area (Å²) in [6.45, 7) is -1.13. The number of sulfonamides is 1. The number of nitrogens with zero attached hydrogens (tertiary/aromatic N) is 3. The van der Waals surface area contributed by atoms with Crippen LogP contribution in [0.25, 0.3) is 0 Å². The molecule has 1 aliphatic heterocycles. The minimum atomic E-state index is -4.89. The molecule has 0 radical (unpaired) electrons. The lowest BCUT2D eigenvalue weighted by molar-refractivity contribution is -0.142. The van der Waals surface area contributed by atoms with Crippen LogP contribution in [0.3, 0.4) is 0 Å². The van der Waals surface area contributed by atoms with Gasteiger partial charge in [0.05, 0.1) is 6.54 Å². The van der Waals surface area contributed by atoms with Gasteiger partial charge in [-0.05, 0) is 12.3 Å². The highest BCUT2D eigenvalue weighted by Gasteiger charge is 2.43. The van der Waals surface area contributed by atoms with Crippen LogP contribution in [0.1, 0.15) is 38.5 Å². The van der Waals surface area contributed by atoms with Gasteiger partial charge in [0.25, 0.3) is 0 Å². The van der Waals surface area contributed by atoms with Crippen molar-refractivity contribution in [3.8, 4) is 0 Å². The van der Waals surface area contributed by atoms with Gasteiger partial charge in [-0.25, -0.2) is 13.4 Å². The van der Waals surface area contributed by atoms with E-state index in [2.05, 4.69) is 10.3 Å². The Balaban J connectivity index is 1.72. The van der Waals surface area contributed by atoms with Gasteiger partial charge in [0.1, 0.15) is 6.04 Å². The first kappa shape index (κ1) is 23.9. The number of anilines is 1. The maximum Gasteiger partial charge on any atom is 0.404 e. The summed E-state index contributed by atoms with van der Waals surface area (Å²) in [4.78, 5) is 31.0. The van der Waals surface area contributed by atoms with Gasteiger partial charge in [-0.3, -0.25) is 9.59 Å². The molecule has 1 saturated carbocycles. The van der Waals surface area contributed by atoms with E-state index in [9.17, 15) is 31.2 Å². The molecule has 174 valence electrons. The van der Waals surface area contributed by atoms with Crippen LogP contribution < -0.4 is 5.32 Å². The number of nitrogens with one attached hydrogen (secondary N) is 1. The van der Waals surface area contributed by atoms with Crippen molar-refractivity contribution in [1.82, 2.24) is 14.2 Å². The van der Waals surface area contributed by atoms with E-state index in [1.54, 1.807) is 5.38 Å². The molecule has 3 rings (SSSR count). The molecule has 13 heteroatoms. The second kappa shape index (κ2) is 9.82. The van der Waals surface area contributed by atoms with E-state index >= 15 is 0 Å². The van der Waals surface area contributed by atoms with E-state index < -0.39 is 46.4 Å². The SMILES string of the molecule is O=C(Nc1nccs1)[C@H](CC1CCCCC1)N1CCN(S(=O)(=O)CC(F)(F)F)CC1=O. The van der Waals surface area contributed by atoms with E-state index in [0.717, 1.165) is 32.1 Å². The van der Waals surface area contributed by atoms with E-state index in [1.807, 2.05) is 0 Å². The van der Waals surface area contributed by atoms with E-state index in [1.165, 1.54) is 22.4 Å². The zero-order chi connectivity index (χ0) is 22.6. The molecular formula is C18H25F3N4O4S2. The molecule has 2 fully saturated rings. The number of rotatable bonds is 7. The van der Waals surface area contributed by atoms with Crippen molar-refractivity contribution in [3.05, 3.63) is 11.6 Å². The zero-order valence-corrected chi connectivity index (χ0v) is 18.4. The molecule has 0 aromatic carbocycles. The maximum atomic E-state index is 13.0. The third kappa shape index (κ3) is 6.62. The first-order chi connectivity index (χ1) is 14.5. The molecule has 1 atom stereocenters. The first-order valence-corrected chi connectivity index (χ1v) is 12.6. The highest BCUT2D eigenvalue weighted by Crippen LogP contribution is 2.30. The number of hydrogen-bond acceptors (Lipinski definition) is 6. The second-order valence-corrected chi connectivity index (χ2v) is 10.7. The summed E-state index contributed by atoms with van der Waals surface area (Å²) in [5, 5.41) is 4.78. The highest BCUT2D eigenvalue weighted by molar-refractivity contribution is 7.89. The van der Waals surface area contributed by atoms with Crippen molar-refractivity contribution in [2.45, 2.75) is 50.7 Å². The standard InChI is InChI=1S/C18H25F3N4O4S2/c19-18(20,21)12-31(28,29)24-7-8-25(15(26)11-24)14(10-13-4-2-1-3-5-13)16(27)23-17-22-6-9-30-17/h6,9,13-14H,1-5,7-8,10-12H2,(H,22,23,27)/t14-/m0/s1. The van der Waals surface area contributed by atoms with Gasteiger partial charge < -0.3 is 10.2 Å². The number of carbonyl (C=O) groups is 2. The molecule has 1 aromatic heterocycles. The number of amides is 2. The van der Waals surface area contributed by atoms with Crippen molar-refractivity contribution in [1.29, 1.82) is 0 Å². The van der Waals surface area contributed by atoms with E-state index in [0.29, 0.717) is 15.9 Å². The molecule has 0 bridgehead atoms. The lowest BCUT2D eigenvalue weighted by Gasteiger charge is -2.39.